The number of aliphatic imine (C=N–C) groups is 1. The lowest BCUT2D eigenvalue weighted by molar-refractivity contribution is 0.402. The second-order valence-corrected chi connectivity index (χ2v) is 6.47. The van der Waals surface area contributed by atoms with Gasteiger partial charge in [0.15, 0.2) is 5.96 Å². The van der Waals surface area contributed by atoms with Gasteiger partial charge in [-0.2, -0.15) is 0 Å². The van der Waals surface area contributed by atoms with Gasteiger partial charge in [0, 0.05) is 26.7 Å². The third-order valence-corrected chi connectivity index (χ3v) is 4.05. The number of nitrogens with zero attached hydrogens (tertiary/aromatic N) is 2. The number of hydrogen-bond donors (Lipinski definition) is 2. The van der Waals surface area contributed by atoms with Crippen LogP contribution in [0.1, 0.15) is 16.7 Å². The molecule has 0 aliphatic carbocycles. The van der Waals surface area contributed by atoms with E-state index >= 15 is 0 Å². The van der Waals surface area contributed by atoms with Crippen LogP contribution in [0.5, 0.6) is 5.75 Å². The summed E-state index contributed by atoms with van der Waals surface area (Å²) < 4.78 is 5.40. The maximum Gasteiger partial charge on any atom is 0.191 e. The first-order valence-electron chi connectivity index (χ1n) is 8.91. The second kappa shape index (κ2) is 10.5. The second-order valence-electron chi connectivity index (χ2n) is 6.47. The Morgan fingerprint density at radius 1 is 1.04 bits per heavy atom. The summed E-state index contributed by atoms with van der Waals surface area (Å²) in [5.41, 5.74) is 3.75. The summed E-state index contributed by atoms with van der Waals surface area (Å²) in [6.45, 7) is 2.48. The van der Waals surface area contributed by atoms with E-state index in [9.17, 15) is 0 Å². The Morgan fingerprint density at radius 2 is 1.81 bits per heavy atom. The van der Waals surface area contributed by atoms with E-state index in [1.165, 1.54) is 16.7 Å². The predicted molar refractivity (Wildman–Crippen MR) is 109 cm³/mol. The molecule has 26 heavy (non-hydrogen) atoms. The smallest absolute Gasteiger partial charge is 0.191 e. The van der Waals surface area contributed by atoms with E-state index in [-0.39, 0.29) is 0 Å². The summed E-state index contributed by atoms with van der Waals surface area (Å²) >= 11 is 0. The molecule has 0 atom stereocenters. The molecule has 0 spiro atoms. The van der Waals surface area contributed by atoms with E-state index < -0.39 is 0 Å². The van der Waals surface area contributed by atoms with Gasteiger partial charge in [-0.3, -0.25) is 4.99 Å². The van der Waals surface area contributed by atoms with Gasteiger partial charge in [0.1, 0.15) is 5.75 Å². The van der Waals surface area contributed by atoms with Crippen molar-refractivity contribution >= 4 is 5.96 Å². The van der Waals surface area contributed by atoms with Gasteiger partial charge in [-0.05, 0) is 43.3 Å². The molecule has 0 saturated carbocycles. The van der Waals surface area contributed by atoms with Crippen LogP contribution in [0, 0.1) is 0 Å². The number of para-hydroxylation sites is 1. The Labute approximate surface area is 157 Å². The molecule has 0 radical (unpaired) electrons. The van der Waals surface area contributed by atoms with Crippen LogP contribution in [0.2, 0.25) is 0 Å². The minimum Gasteiger partial charge on any atom is -0.496 e. The highest BCUT2D eigenvalue weighted by molar-refractivity contribution is 5.79. The van der Waals surface area contributed by atoms with Crippen LogP contribution < -0.4 is 15.4 Å². The van der Waals surface area contributed by atoms with Crippen molar-refractivity contribution in [3.63, 3.8) is 0 Å². The van der Waals surface area contributed by atoms with Crippen molar-refractivity contribution in [2.45, 2.75) is 19.5 Å². The van der Waals surface area contributed by atoms with Crippen molar-refractivity contribution in [2.75, 3.05) is 34.8 Å². The average molecular weight is 354 g/mol. The molecule has 0 saturated heterocycles. The topological polar surface area (TPSA) is 48.9 Å². The van der Waals surface area contributed by atoms with Crippen LogP contribution in [-0.2, 0) is 19.5 Å². The Bertz CT molecular complexity index is 713. The number of ether oxygens (including phenoxy) is 1. The highest BCUT2D eigenvalue weighted by atomic mass is 16.5. The molecule has 2 aromatic rings. The number of guanidine groups is 1. The van der Waals surface area contributed by atoms with Gasteiger partial charge < -0.3 is 20.3 Å². The summed E-state index contributed by atoms with van der Waals surface area (Å²) in [5.74, 6) is 1.73. The fourth-order valence-corrected chi connectivity index (χ4v) is 2.83. The van der Waals surface area contributed by atoms with Crippen LogP contribution in [0.4, 0.5) is 0 Å². The van der Waals surface area contributed by atoms with Gasteiger partial charge in [0.25, 0.3) is 0 Å². The summed E-state index contributed by atoms with van der Waals surface area (Å²) in [4.78, 5) is 6.47. The summed E-state index contributed by atoms with van der Waals surface area (Å²) in [6, 6.07) is 16.7. The fourth-order valence-electron chi connectivity index (χ4n) is 2.83. The van der Waals surface area contributed by atoms with Crippen LogP contribution in [-0.4, -0.2) is 45.7 Å². The molecule has 0 aliphatic heterocycles. The normalized spacial score (nSPS) is 11.5. The first-order valence-corrected chi connectivity index (χ1v) is 8.91. The van der Waals surface area contributed by atoms with Gasteiger partial charge >= 0.3 is 0 Å². The number of rotatable bonds is 8. The van der Waals surface area contributed by atoms with E-state index in [4.69, 9.17) is 4.74 Å². The van der Waals surface area contributed by atoms with E-state index in [1.807, 2.05) is 18.2 Å². The number of nitrogens with one attached hydrogen (secondary N) is 2. The van der Waals surface area contributed by atoms with Gasteiger partial charge in [-0.15, -0.1) is 0 Å². The van der Waals surface area contributed by atoms with Crippen molar-refractivity contribution in [1.29, 1.82) is 0 Å². The molecule has 5 heteroatoms. The zero-order chi connectivity index (χ0) is 18.8. The van der Waals surface area contributed by atoms with Crippen LogP contribution >= 0.6 is 0 Å². The van der Waals surface area contributed by atoms with E-state index in [0.29, 0.717) is 0 Å². The molecule has 0 aliphatic rings. The lowest BCUT2D eigenvalue weighted by Gasteiger charge is -2.14. The zero-order valence-electron chi connectivity index (χ0n) is 16.2. The van der Waals surface area contributed by atoms with Crippen molar-refractivity contribution < 1.29 is 4.74 Å². The molecule has 2 rings (SSSR count). The van der Waals surface area contributed by atoms with Crippen LogP contribution in [0.15, 0.2) is 53.5 Å². The Balaban J connectivity index is 1.82. The molecule has 0 bridgehead atoms. The van der Waals surface area contributed by atoms with Gasteiger partial charge in [-0.1, -0.05) is 42.5 Å². The SMILES string of the molecule is CN=C(NCCc1ccccc1OC)NCc1cccc(CN(C)C)c1. The van der Waals surface area contributed by atoms with Crippen LogP contribution in [0.3, 0.4) is 0 Å². The quantitative estimate of drug-likeness (QED) is 0.565. The Morgan fingerprint density at radius 3 is 2.54 bits per heavy atom. The molecule has 2 aromatic carbocycles. The predicted octanol–water partition coefficient (Wildman–Crippen LogP) is 2.66. The molecule has 0 heterocycles. The van der Waals surface area contributed by atoms with E-state index in [0.717, 1.165) is 37.8 Å². The third-order valence-electron chi connectivity index (χ3n) is 4.05. The number of methoxy groups -OCH3 is 1. The maximum atomic E-state index is 5.40. The van der Waals surface area contributed by atoms with Gasteiger partial charge in [0.2, 0.25) is 0 Å². The average Bonchev–Trinajstić information content (AvgIpc) is 2.64. The summed E-state index contributed by atoms with van der Waals surface area (Å²) in [5, 5.41) is 6.74. The summed E-state index contributed by atoms with van der Waals surface area (Å²) in [6.07, 6.45) is 0.878. The monoisotopic (exact) mass is 354 g/mol. The molecule has 0 aromatic heterocycles. The lowest BCUT2D eigenvalue weighted by Crippen LogP contribution is -2.37. The van der Waals surface area contributed by atoms with Gasteiger partial charge in [-0.25, -0.2) is 0 Å². The zero-order valence-corrected chi connectivity index (χ0v) is 16.2. The molecular weight excluding hydrogens is 324 g/mol. The molecule has 5 nitrogen and oxygen atoms in total. The standard InChI is InChI=1S/C21H30N4O/c1-22-21(23-13-12-19-10-5-6-11-20(19)26-4)24-15-17-8-7-9-18(14-17)16-25(2)3/h5-11,14H,12-13,15-16H2,1-4H3,(H2,22,23,24). The van der Waals surface area contributed by atoms with Crippen molar-refractivity contribution in [3.05, 3.63) is 65.2 Å². The molecule has 0 fully saturated rings. The molecule has 0 amide bonds. The van der Waals surface area contributed by atoms with E-state index in [1.54, 1.807) is 14.2 Å². The number of benzene rings is 2. The lowest BCUT2D eigenvalue weighted by atomic mass is 10.1. The number of hydrogen-bond acceptors (Lipinski definition) is 3. The highest BCUT2D eigenvalue weighted by Gasteiger charge is 2.03. The summed E-state index contributed by atoms with van der Waals surface area (Å²) in [7, 11) is 7.66. The highest BCUT2D eigenvalue weighted by Crippen LogP contribution is 2.17. The Kier molecular flexibility index (Phi) is 7.96. The minimum absolute atomic E-state index is 0.746. The van der Waals surface area contributed by atoms with E-state index in [2.05, 4.69) is 65.0 Å². The largest absolute Gasteiger partial charge is 0.496 e. The van der Waals surface area contributed by atoms with Crippen molar-refractivity contribution in [1.82, 2.24) is 15.5 Å². The molecule has 140 valence electrons. The Hall–Kier alpha value is -2.53. The first-order chi connectivity index (χ1) is 12.6. The third kappa shape index (κ3) is 6.41. The van der Waals surface area contributed by atoms with Crippen molar-refractivity contribution in [2.24, 2.45) is 4.99 Å². The minimum atomic E-state index is 0.746. The van der Waals surface area contributed by atoms with Gasteiger partial charge in [0.05, 0.1) is 7.11 Å². The maximum absolute atomic E-state index is 5.40. The van der Waals surface area contributed by atoms with Crippen LogP contribution in [0.25, 0.3) is 0 Å². The molecule has 0 unspecified atom stereocenters. The molecule has 2 N–H and O–H groups in total. The molecular formula is C21H30N4O. The van der Waals surface area contributed by atoms with Crippen molar-refractivity contribution in [3.8, 4) is 5.75 Å². The first kappa shape index (κ1) is 19.8. The fraction of sp³-hybridized carbons (Fsp3) is 0.381.